The summed E-state index contributed by atoms with van der Waals surface area (Å²) in [5.74, 6) is -1.05. The molecule has 0 spiro atoms. The van der Waals surface area contributed by atoms with Crippen molar-refractivity contribution >= 4 is 34.9 Å². The van der Waals surface area contributed by atoms with Gasteiger partial charge in [-0.25, -0.2) is 9.48 Å². The summed E-state index contributed by atoms with van der Waals surface area (Å²) in [7, 11) is 1.39. The molecular formula is C30H34ClN3O6. The number of ketones is 1. The first-order valence-corrected chi connectivity index (χ1v) is 13.2. The van der Waals surface area contributed by atoms with Crippen LogP contribution in [0.1, 0.15) is 74.7 Å². The molecule has 0 bridgehead atoms. The number of nitrogens with one attached hydrogen (secondary N) is 1. The Balaban J connectivity index is 1.97. The van der Waals surface area contributed by atoms with Crippen molar-refractivity contribution in [3.8, 4) is 17.0 Å². The zero-order valence-electron chi connectivity index (χ0n) is 23.7. The normalized spacial score (nSPS) is 12.1. The van der Waals surface area contributed by atoms with E-state index in [1.54, 1.807) is 63.2 Å². The predicted molar refractivity (Wildman–Crippen MR) is 154 cm³/mol. The molecule has 2 aromatic carbocycles. The minimum Gasteiger partial charge on any atom is -0.480 e. The second-order valence-corrected chi connectivity index (χ2v) is 11.2. The van der Waals surface area contributed by atoms with Crippen LogP contribution in [-0.4, -0.2) is 40.2 Å². The predicted octanol–water partition coefficient (Wildman–Crippen LogP) is 5.96. The van der Waals surface area contributed by atoms with Crippen molar-refractivity contribution in [3.05, 3.63) is 75.0 Å². The van der Waals surface area contributed by atoms with Gasteiger partial charge in [0.05, 0.1) is 18.2 Å². The van der Waals surface area contributed by atoms with Gasteiger partial charge >= 0.3 is 5.97 Å². The molecule has 0 aliphatic carbocycles. The van der Waals surface area contributed by atoms with Gasteiger partial charge in [-0.05, 0) is 88.1 Å². The van der Waals surface area contributed by atoms with Crippen LogP contribution in [0.5, 0.6) is 5.88 Å². The third-order valence-electron chi connectivity index (χ3n) is 5.85. The highest BCUT2D eigenvalue weighted by Gasteiger charge is 2.27. The topological polar surface area (TPSA) is 117 Å². The first kappa shape index (κ1) is 30.6. The van der Waals surface area contributed by atoms with E-state index in [1.165, 1.54) is 20.1 Å². The van der Waals surface area contributed by atoms with E-state index < -0.39 is 29.1 Å². The van der Waals surface area contributed by atoms with Gasteiger partial charge in [0.2, 0.25) is 11.8 Å². The minimum absolute atomic E-state index is 0.0434. The zero-order valence-corrected chi connectivity index (χ0v) is 24.5. The van der Waals surface area contributed by atoms with Crippen molar-refractivity contribution in [3.63, 3.8) is 0 Å². The maximum Gasteiger partial charge on any atom is 0.338 e. The molecule has 3 rings (SSSR count). The van der Waals surface area contributed by atoms with Gasteiger partial charge in [-0.3, -0.25) is 14.4 Å². The highest BCUT2D eigenvalue weighted by atomic mass is 35.5. The third kappa shape index (κ3) is 7.57. The van der Waals surface area contributed by atoms with Crippen molar-refractivity contribution in [1.29, 1.82) is 0 Å². The number of aromatic nitrogens is 2. The number of hydrogen-bond donors (Lipinski definition) is 1. The first-order valence-electron chi connectivity index (χ1n) is 12.8. The van der Waals surface area contributed by atoms with E-state index in [0.717, 1.165) is 4.68 Å². The van der Waals surface area contributed by atoms with Gasteiger partial charge in [-0.15, -0.1) is 5.10 Å². The molecule has 0 aliphatic rings. The fourth-order valence-electron chi connectivity index (χ4n) is 4.08. The number of esters is 1. The number of nitrogens with zero attached hydrogens (tertiary/aromatic N) is 2. The van der Waals surface area contributed by atoms with E-state index >= 15 is 0 Å². The largest absolute Gasteiger partial charge is 0.480 e. The fourth-order valence-corrected chi connectivity index (χ4v) is 4.25. The van der Waals surface area contributed by atoms with Gasteiger partial charge in [0.15, 0.2) is 5.78 Å². The molecule has 10 heteroatoms. The van der Waals surface area contributed by atoms with Crippen LogP contribution in [0, 0.1) is 5.92 Å². The number of benzene rings is 2. The Morgan fingerprint density at radius 1 is 1.02 bits per heavy atom. The van der Waals surface area contributed by atoms with Crippen LogP contribution in [0.15, 0.2) is 53.3 Å². The summed E-state index contributed by atoms with van der Waals surface area (Å²) in [6, 6.07) is 11.4. The van der Waals surface area contributed by atoms with Gasteiger partial charge in [0.25, 0.3) is 5.56 Å². The number of anilines is 1. The van der Waals surface area contributed by atoms with Gasteiger partial charge in [-0.2, -0.15) is 0 Å². The molecule has 1 amide bonds. The Kier molecular flexibility index (Phi) is 9.52. The van der Waals surface area contributed by atoms with Crippen molar-refractivity contribution in [2.24, 2.45) is 5.92 Å². The van der Waals surface area contributed by atoms with Gasteiger partial charge in [0.1, 0.15) is 11.6 Å². The SMILES string of the molecule is COc1nn(C(CC(C)C)C(=O)Nc2ccc(C(=O)OC(C)(C)C)cc2)c(=O)cc1-c1cc(Cl)ccc1C(C)=O. The lowest BCUT2D eigenvalue weighted by Gasteiger charge is -2.22. The highest BCUT2D eigenvalue weighted by Crippen LogP contribution is 2.33. The summed E-state index contributed by atoms with van der Waals surface area (Å²) in [6.07, 6.45) is 0.313. The smallest absolute Gasteiger partial charge is 0.338 e. The molecule has 3 aromatic rings. The summed E-state index contributed by atoms with van der Waals surface area (Å²) in [5, 5.41) is 7.58. The Labute approximate surface area is 238 Å². The van der Waals surface area contributed by atoms with Crippen molar-refractivity contribution in [2.75, 3.05) is 12.4 Å². The van der Waals surface area contributed by atoms with Gasteiger partial charge in [0, 0.05) is 22.3 Å². The molecule has 1 N–H and O–H groups in total. The lowest BCUT2D eigenvalue weighted by molar-refractivity contribution is -0.120. The number of carbonyl (C=O) groups excluding carboxylic acids is 3. The first-order chi connectivity index (χ1) is 18.7. The van der Waals surface area contributed by atoms with E-state index in [4.69, 9.17) is 21.1 Å². The van der Waals surface area contributed by atoms with E-state index in [9.17, 15) is 19.2 Å². The molecule has 0 radical (unpaired) electrons. The fraction of sp³-hybridized carbons (Fsp3) is 0.367. The van der Waals surface area contributed by atoms with E-state index in [-0.39, 0.29) is 23.1 Å². The monoisotopic (exact) mass is 567 g/mol. The van der Waals surface area contributed by atoms with E-state index in [0.29, 0.717) is 33.8 Å². The molecule has 40 heavy (non-hydrogen) atoms. The quantitative estimate of drug-likeness (QED) is 0.250. The van der Waals surface area contributed by atoms with Gasteiger partial charge < -0.3 is 14.8 Å². The highest BCUT2D eigenvalue weighted by molar-refractivity contribution is 6.31. The molecule has 0 saturated carbocycles. The number of hydrogen-bond acceptors (Lipinski definition) is 7. The second kappa shape index (κ2) is 12.5. The summed E-state index contributed by atoms with van der Waals surface area (Å²) >= 11 is 6.19. The summed E-state index contributed by atoms with van der Waals surface area (Å²) in [4.78, 5) is 51.4. The van der Waals surface area contributed by atoms with Crippen molar-refractivity contribution in [2.45, 2.75) is 59.6 Å². The summed E-state index contributed by atoms with van der Waals surface area (Å²) in [6.45, 7) is 10.6. The Morgan fingerprint density at radius 3 is 2.23 bits per heavy atom. The molecule has 1 atom stereocenters. The number of methoxy groups -OCH3 is 1. The Hall–Kier alpha value is -3.98. The number of Topliss-reactive ketones (excluding diaryl/α,β-unsaturated/α-hetero) is 1. The summed E-state index contributed by atoms with van der Waals surface area (Å²) in [5.41, 5.74) is 0.648. The van der Waals surface area contributed by atoms with Crippen LogP contribution < -0.4 is 15.6 Å². The maximum absolute atomic E-state index is 13.4. The van der Waals surface area contributed by atoms with E-state index in [2.05, 4.69) is 10.4 Å². The van der Waals surface area contributed by atoms with Crippen molar-refractivity contribution in [1.82, 2.24) is 9.78 Å². The number of ether oxygens (including phenoxy) is 2. The molecule has 1 heterocycles. The maximum atomic E-state index is 13.4. The molecular weight excluding hydrogens is 534 g/mol. The van der Waals surface area contributed by atoms with Crippen LogP contribution >= 0.6 is 11.6 Å². The molecule has 0 saturated heterocycles. The number of amides is 1. The number of carbonyl (C=O) groups is 3. The molecule has 0 aliphatic heterocycles. The van der Waals surface area contributed by atoms with Crippen LogP contribution in [-0.2, 0) is 9.53 Å². The molecule has 212 valence electrons. The summed E-state index contributed by atoms with van der Waals surface area (Å²) < 4.78 is 12.0. The van der Waals surface area contributed by atoms with Crippen molar-refractivity contribution < 1.29 is 23.9 Å². The minimum atomic E-state index is -0.965. The van der Waals surface area contributed by atoms with E-state index in [1.807, 2.05) is 13.8 Å². The molecule has 9 nitrogen and oxygen atoms in total. The third-order valence-corrected chi connectivity index (χ3v) is 6.08. The lowest BCUT2D eigenvalue weighted by atomic mass is 9.98. The van der Waals surface area contributed by atoms with Crippen LogP contribution in [0.3, 0.4) is 0 Å². The molecule has 1 aromatic heterocycles. The number of halogens is 1. The average Bonchev–Trinajstić information content (AvgIpc) is 2.86. The van der Waals surface area contributed by atoms with Crippen LogP contribution in [0.4, 0.5) is 5.69 Å². The lowest BCUT2D eigenvalue weighted by Crippen LogP contribution is -2.36. The number of rotatable bonds is 9. The van der Waals surface area contributed by atoms with Gasteiger partial charge in [-0.1, -0.05) is 25.4 Å². The standard InChI is InChI=1S/C30H34ClN3O6/c1-17(2)14-25(27(37)32-21-11-8-19(9-12-21)29(38)40-30(4,5)6)34-26(36)16-24(28(33-34)39-7)23-15-20(31)10-13-22(23)18(3)35/h8-13,15-17,25H,14H2,1-7H3,(H,32,37). The van der Waals surface area contributed by atoms with Crippen LogP contribution in [0.25, 0.3) is 11.1 Å². The zero-order chi connectivity index (χ0) is 29.8. The molecule has 1 unspecified atom stereocenters. The Morgan fingerprint density at radius 2 is 1.68 bits per heavy atom. The average molecular weight is 568 g/mol. The molecule has 0 fully saturated rings. The second-order valence-electron chi connectivity index (χ2n) is 10.8. The van der Waals surface area contributed by atoms with Crippen LogP contribution in [0.2, 0.25) is 5.02 Å². The Bertz CT molecular complexity index is 1470.